The van der Waals surface area contributed by atoms with E-state index in [1.807, 2.05) is 6.92 Å². The number of hydrogen-bond acceptors (Lipinski definition) is 5. The molecule has 0 aliphatic carbocycles. The molecule has 0 saturated heterocycles. The molecule has 1 aromatic rings. The molecule has 6 heteroatoms. The van der Waals surface area contributed by atoms with E-state index in [1.165, 1.54) is 0 Å². The van der Waals surface area contributed by atoms with E-state index in [0.717, 1.165) is 0 Å². The number of aryl methyl sites for hydroxylation is 1. The lowest BCUT2D eigenvalue weighted by molar-refractivity contribution is -0.143. The summed E-state index contributed by atoms with van der Waals surface area (Å²) < 4.78 is 4.89. The van der Waals surface area contributed by atoms with Crippen molar-refractivity contribution >= 4 is 5.97 Å². The second kappa shape index (κ2) is 4.39. The van der Waals surface area contributed by atoms with Crippen molar-refractivity contribution in [1.29, 1.82) is 0 Å². The molecule has 84 valence electrons. The van der Waals surface area contributed by atoms with Crippen LogP contribution in [0.25, 0.3) is 0 Å². The van der Waals surface area contributed by atoms with Crippen LogP contribution in [0.4, 0.5) is 0 Å². The van der Waals surface area contributed by atoms with Crippen molar-refractivity contribution in [3.8, 4) is 0 Å². The number of nitrogens with one attached hydrogen (secondary N) is 1. The Kier molecular flexibility index (Phi) is 3.41. The summed E-state index contributed by atoms with van der Waals surface area (Å²) in [6.07, 6.45) is 0.676. The largest absolute Gasteiger partial charge is 0.480 e. The van der Waals surface area contributed by atoms with Crippen LogP contribution in [0.2, 0.25) is 0 Å². The zero-order chi connectivity index (χ0) is 11.5. The van der Waals surface area contributed by atoms with Crippen molar-refractivity contribution < 1.29 is 14.4 Å². The molecule has 0 bridgehead atoms. The molecule has 1 aromatic heterocycles. The minimum absolute atomic E-state index is 0.281. The van der Waals surface area contributed by atoms with Crippen LogP contribution in [0.5, 0.6) is 0 Å². The highest BCUT2D eigenvalue weighted by Gasteiger charge is 2.26. The SMILES string of the molecule is CCc1nc(CNC(C)(C)C(=O)O)no1. The van der Waals surface area contributed by atoms with Gasteiger partial charge in [0.2, 0.25) is 5.89 Å². The lowest BCUT2D eigenvalue weighted by Crippen LogP contribution is -2.46. The first kappa shape index (κ1) is 11.6. The smallest absolute Gasteiger partial charge is 0.323 e. The van der Waals surface area contributed by atoms with Crippen molar-refractivity contribution in [2.75, 3.05) is 0 Å². The summed E-state index contributed by atoms with van der Waals surface area (Å²) in [5, 5.41) is 15.4. The highest BCUT2D eigenvalue weighted by molar-refractivity contribution is 5.77. The molecule has 1 heterocycles. The Bertz CT molecular complexity index is 346. The Morgan fingerprint density at radius 3 is 2.73 bits per heavy atom. The van der Waals surface area contributed by atoms with Crippen LogP contribution in [0.15, 0.2) is 4.52 Å². The maximum atomic E-state index is 10.8. The molecular weight excluding hydrogens is 198 g/mol. The fourth-order valence-electron chi connectivity index (χ4n) is 0.881. The summed E-state index contributed by atoms with van der Waals surface area (Å²) in [6.45, 7) is 5.35. The molecule has 0 saturated carbocycles. The van der Waals surface area contributed by atoms with Gasteiger partial charge in [0.15, 0.2) is 5.82 Å². The highest BCUT2D eigenvalue weighted by Crippen LogP contribution is 2.04. The van der Waals surface area contributed by atoms with E-state index >= 15 is 0 Å². The van der Waals surface area contributed by atoms with Gasteiger partial charge in [0.1, 0.15) is 5.54 Å². The third-order valence-corrected chi connectivity index (χ3v) is 2.04. The lowest BCUT2D eigenvalue weighted by Gasteiger charge is -2.19. The Balaban J connectivity index is 2.53. The van der Waals surface area contributed by atoms with E-state index in [1.54, 1.807) is 13.8 Å². The number of aliphatic carboxylic acids is 1. The number of rotatable bonds is 5. The number of hydrogen-bond donors (Lipinski definition) is 2. The van der Waals surface area contributed by atoms with E-state index < -0.39 is 11.5 Å². The summed E-state index contributed by atoms with van der Waals surface area (Å²) in [4.78, 5) is 14.8. The molecule has 0 amide bonds. The summed E-state index contributed by atoms with van der Waals surface area (Å²) in [6, 6.07) is 0. The molecule has 0 radical (unpaired) electrons. The number of aromatic nitrogens is 2. The Morgan fingerprint density at radius 1 is 1.60 bits per heavy atom. The molecular formula is C9H15N3O3. The zero-order valence-corrected chi connectivity index (χ0v) is 9.07. The summed E-state index contributed by atoms with van der Waals surface area (Å²) in [5.74, 6) is 0.114. The van der Waals surface area contributed by atoms with Crippen LogP contribution in [-0.2, 0) is 17.8 Å². The molecule has 15 heavy (non-hydrogen) atoms. The molecule has 1 rings (SSSR count). The van der Waals surface area contributed by atoms with Crippen LogP contribution in [0.3, 0.4) is 0 Å². The van der Waals surface area contributed by atoms with Crippen molar-refractivity contribution in [2.45, 2.75) is 39.3 Å². The Morgan fingerprint density at radius 2 is 2.27 bits per heavy atom. The second-order valence-corrected chi connectivity index (χ2v) is 3.74. The average molecular weight is 213 g/mol. The standard InChI is InChI=1S/C9H15N3O3/c1-4-7-11-6(12-15-7)5-10-9(2,3)8(13)14/h10H,4-5H2,1-3H3,(H,13,14). The van der Waals surface area contributed by atoms with E-state index in [2.05, 4.69) is 15.5 Å². The highest BCUT2D eigenvalue weighted by atomic mass is 16.5. The van der Waals surface area contributed by atoms with Crippen LogP contribution in [0.1, 0.15) is 32.5 Å². The van der Waals surface area contributed by atoms with Gasteiger partial charge in [0, 0.05) is 6.42 Å². The van der Waals surface area contributed by atoms with Crippen molar-refractivity contribution in [3.05, 3.63) is 11.7 Å². The van der Waals surface area contributed by atoms with E-state index in [9.17, 15) is 4.79 Å². The van der Waals surface area contributed by atoms with E-state index in [-0.39, 0.29) is 6.54 Å². The fraction of sp³-hybridized carbons (Fsp3) is 0.667. The monoisotopic (exact) mass is 213 g/mol. The zero-order valence-electron chi connectivity index (χ0n) is 9.07. The van der Waals surface area contributed by atoms with Gasteiger partial charge in [-0.3, -0.25) is 10.1 Å². The van der Waals surface area contributed by atoms with Gasteiger partial charge in [0.05, 0.1) is 6.54 Å². The molecule has 0 unspecified atom stereocenters. The van der Waals surface area contributed by atoms with Crippen LogP contribution < -0.4 is 5.32 Å². The molecule has 0 atom stereocenters. The van der Waals surface area contributed by atoms with Crippen molar-refractivity contribution in [2.24, 2.45) is 0 Å². The van der Waals surface area contributed by atoms with Gasteiger partial charge < -0.3 is 9.63 Å². The third-order valence-electron chi connectivity index (χ3n) is 2.04. The summed E-state index contributed by atoms with van der Waals surface area (Å²) in [5.41, 5.74) is -0.993. The lowest BCUT2D eigenvalue weighted by atomic mass is 10.1. The molecule has 2 N–H and O–H groups in total. The molecule has 0 aliphatic rings. The quantitative estimate of drug-likeness (QED) is 0.744. The van der Waals surface area contributed by atoms with Gasteiger partial charge in [-0.1, -0.05) is 12.1 Å². The van der Waals surface area contributed by atoms with Crippen molar-refractivity contribution in [1.82, 2.24) is 15.5 Å². The van der Waals surface area contributed by atoms with Gasteiger partial charge in [-0.25, -0.2) is 0 Å². The Labute approximate surface area is 87.7 Å². The third kappa shape index (κ3) is 3.02. The van der Waals surface area contributed by atoms with Gasteiger partial charge >= 0.3 is 5.97 Å². The minimum Gasteiger partial charge on any atom is -0.480 e. The van der Waals surface area contributed by atoms with Gasteiger partial charge in [0.25, 0.3) is 0 Å². The molecule has 0 aromatic carbocycles. The van der Waals surface area contributed by atoms with Crippen LogP contribution in [-0.4, -0.2) is 26.8 Å². The average Bonchev–Trinajstić information content (AvgIpc) is 2.62. The normalized spacial score (nSPS) is 11.7. The first-order valence-corrected chi connectivity index (χ1v) is 4.75. The first-order valence-electron chi connectivity index (χ1n) is 4.75. The van der Waals surface area contributed by atoms with Crippen LogP contribution in [0, 0.1) is 0 Å². The molecule has 6 nitrogen and oxygen atoms in total. The maximum absolute atomic E-state index is 10.8. The maximum Gasteiger partial charge on any atom is 0.323 e. The molecule has 0 spiro atoms. The summed E-state index contributed by atoms with van der Waals surface area (Å²) >= 11 is 0. The molecule has 0 fully saturated rings. The van der Waals surface area contributed by atoms with Gasteiger partial charge in [-0.15, -0.1) is 0 Å². The number of carbonyl (C=O) groups is 1. The topological polar surface area (TPSA) is 88.2 Å². The predicted molar refractivity (Wildman–Crippen MR) is 52.2 cm³/mol. The van der Waals surface area contributed by atoms with E-state index in [0.29, 0.717) is 18.1 Å². The Hall–Kier alpha value is -1.43. The van der Waals surface area contributed by atoms with Crippen LogP contribution >= 0.6 is 0 Å². The first-order chi connectivity index (χ1) is 6.95. The second-order valence-electron chi connectivity index (χ2n) is 3.74. The number of carboxylic acid groups (broad SMARTS) is 1. The summed E-state index contributed by atoms with van der Waals surface area (Å²) in [7, 11) is 0. The fourth-order valence-corrected chi connectivity index (χ4v) is 0.881. The number of carboxylic acids is 1. The van der Waals surface area contributed by atoms with E-state index in [4.69, 9.17) is 9.63 Å². The molecule has 0 aliphatic heterocycles. The van der Waals surface area contributed by atoms with Gasteiger partial charge in [-0.2, -0.15) is 4.98 Å². The minimum atomic E-state index is -0.993. The van der Waals surface area contributed by atoms with Crippen molar-refractivity contribution in [3.63, 3.8) is 0 Å². The predicted octanol–water partition coefficient (Wildman–Crippen LogP) is 0.585. The number of nitrogens with zero attached hydrogens (tertiary/aromatic N) is 2. The van der Waals surface area contributed by atoms with Gasteiger partial charge in [-0.05, 0) is 13.8 Å².